The SMILES string of the molecule is CSB1SB(SC)c2c(C)sc(C)c21. The van der Waals surface area contributed by atoms with E-state index in [4.69, 9.17) is 0 Å². The Balaban J connectivity index is 2.49. The fraction of sp³-hybridized carbons (Fsp3) is 0.500. The second-order valence-corrected chi connectivity index (χ2v) is 8.44. The Morgan fingerprint density at radius 1 is 0.929 bits per heavy atom. The maximum atomic E-state index is 2.27. The number of rotatable bonds is 2. The van der Waals surface area contributed by atoms with Gasteiger partial charge in [-0.05, 0) is 47.0 Å². The van der Waals surface area contributed by atoms with Crippen molar-refractivity contribution in [2.45, 2.75) is 13.8 Å². The van der Waals surface area contributed by atoms with Gasteiger partial charge in [-0.2, -0.15) is 23.2 Å². The van der Waals surface area contributed by atoms with Crippen molar-refractivity contribution in [1.82, 2.24) is 0 Å². The van der Waals surface area contributed by atoms with E-state index in [9.17, 15) is 0 Å². The van der Waals surface area contributed by atoms with E-state index in [0.717, 1.165) is 0 Å². The molecule has 0 bridgehead atoms. The van der Waals surface area contributed by atoms with Gasteiger partial charge >= 0.3 is 0 Å². The number of thiophene rings is 1. The molecule has 0 atom stereocenters. The molecule has 0 spiro atoms. The highest BCUT2D eigenvalue weighted by molar-refractivity contribution is 8.75. The Morgan fingerprint density at radius 3 is 1.71 bits per heavy atom. The molecule has 2 heterocycles. The summed E-state index contributed by atoms with van der Waals surface area (Å²) in [5.41, 5.74) is 3.26. The summed E-state index contributed by atoms with van der Waals surface area (Å²) in [5, 5.41) is 1.35. The first-order chi connectivity index (χ1) is 6.69. The molecular weight excluding hydrogens is 246 g/mol. The van der Waals surface area contributed by atoms with Gasteiger partial charge in [-0.15, -0.1) is 11.3 Å². The summed E-state index contributed by atoms with van der Waals surface area (Å²) in [7, 11) is 0. The quantitative estimate of drug-likeness (QED) is 0.746. The van der Waals surface area contributed by atoms with E-state index in [1.54, 1.807) is 10.9 Å². The third kappa shape index (κ3) is 1.68. The smallest absolute Gasteiger partial charge is 0.220 e. The highest BCUT2D eigenvalue weighted by atomic mass is 32.2. The average molecular weight is 258 g/mol. The van der Waals surface area contributed by atoms with Crippen molar-refractivity contribution in [1.29, 1.82) is 0 Å². The van der Waals surface area contributed by atoms with Crippen LogP contribution in [0.3, 0.4) is 0 Å². The van der Waals surface area contributed by atoms with Crippen LogP contribution in [0, 0.1) is 13.8 Å². The van der Waals surface area contributed by atoms with E-state index in [2.05, 4.69) is 37.8 Å². The predicted molar refractivity (Wildman–Crippen MR) is 79.2 cm³/mol. The van der Waals surface area contributed by atoms with Crippen molar-refractivity contribution in [3.8, 4) is 0 Å². The van der Waals surface area contributed by atoms with Gasteiger partial charge in [0.25, 0.3) is 10.5 Å². The Kier molecular flexibility index (Phi) is 3.57. The van der Waals surface area contributed by atoms with Crippen molar-refractivity contribution < 1.29 is 0 Å². The molecule has 0 unspecified atom stereocenters. The van der Waals surface area contributed by atoms with Crippen molar-refractivity contribution in [3.05, 3.63) is 9.75 Å². The lowest BCUT2D eigenvalue weighted by Gasteiger charge is -2.04. The molecule has 1 aromatic rings. The van der Waals surface area contributed by atoms with Crippen LogP contribution in [-0.4, -0.2) is 23.1 Å². The molecule has 0 nitrogen and oxygen atoms in total. The molecule has 0 saturated heterocycles. The summed E-state index contributed by atoms with van der Waals surface area (Å²) in [5.74, 6) is 0. The zero-order valence-corrected chi connectivity index (χ0v) is 12.1. The van der Waals surface area contributed by atoms with Gasteiger partial charge < -0.3 is 0 Å². The van der Waals surface area contributed by atoms with Crippen LogP contribution in [0.1, 0.15) is 9.75 Å². The topological polar surface area (TPSA) is 0 Å². The largest absolute Gasteiger partial charge is 0.298 e. The van der Waals surface area contributed by atoms with Gasteiger partial charge in [0.05, 0.1) is 0 Å². The van der Waals surface area contributed by atoms with Crippen molar-refractivity contribution >= 4 is 67.5 Å². The minimum atomic E-state index is 0.674. The monoisotopic (exact) mass is 258 g/mol. The van der Waals surface area contributed by atoms with Crippen molar-refractivity contribution in [3.63, 3.8) is 0 Å². The van der Waals surface area contributed by atoms with E-state index in [-0.39, 0.29) is 0 Å². The third-order valence-electron chi connectivity index (χ3n) is 2.50. The Bertz CT molecular complexity index is 319. The van der Waals surface area contributed by atoms with Gasteiger partial charge in [0.1, 0.15) is 0 Å². The van der Waals surface area contributed by atoms with Crippen molar-refractivity contribution in [2.75, 3.05) is 12.5 Å². The summed E-state index contributed by atoms with van der Waals surface area (Å²) < 4.78 is 0. The van der Waals surface area contributed by atoms with Crippen LogP contribution in [-0.2, 0) is 0 Å². The third-order valence-corrected chi connectivity index (χ3v) is 7.67. The van der Waals surface area contributed by atoms with E-state index in [1.807, 2.05) is 34.6 Å². The highest BCUT2D eigenvalue weighted by Gasteiger charge is 2.40. The lowest BCUT2D eigenvalue weighted by molar-refractivity contribution is 1.69. The molecule has 0 amide bonds. The number of fused-ring (bicyclic) bond motifs is 1. The minimum Gasteiger partial charge on any atom is -0.220 e. The molecule has 0 aliphatic carbocycles. The van der Waals surface area contributed by atoms with Crippen LogP contribution >= 0.6 is 46.0 Å². The van der Waals surface area contributed by atoms with Gasteiger partial charge in [0.2, 0.25) is 0 Å². The van der Waals surface area contributed by atoms with E-state index in [0.29, 0.717) is 10.5 Å². The minimum absolute atomic E-state index is 0.674. The fourth-order valence-corrected chi connectivity index (χ4v) is 7.28. The maximum Gasteiger partial charge on any atom is 0.298 e. The summed E-state index contributed by atoms with van der Waals surface area (Å²) in [6.45, 7) is 4.53. The van der Waals surface area contributed by atoms with Crippen LogP contribution in [0.2, 0.25) is 0 Å². The first-order valence-corrected chi connectivity index (χ1v) is 8.83. The van der Waals surface area contributed by atoms with Crippen molar-refractivity contribution in [2.24, 2.45) is 0 Å². The summed E-state index contributed by atoms with van der Waals surface area (Å²) in [6.07, 6.45) is 4.44. The van der Waals surface area contributed by atoms with E-state index in [1.165, 1.54) is 9.75 Å². The Hall–Kier alpha value is 0.880. The molecule has 74 valence electrons. The molecular formula is C8H12B2S4. The van der Waals surface area contributed by atoms with Gasteiger partial charge in [-0.1, -0.05) is 0 Å². The zero-order chi connectivity index (χ0) is 10.3. The van der Waals surface area contributed by atoms with E-state index < -0.39 is 0 Å². The first-order valence-electron chi connectivity index (χ1n) is 4.49. The second-order valence-electron chi connectivity index (χ2n) is 3.31. The molecule has 2 rings (SSSR count). The number of hydrogen-bond donors (Lipinski definition) is 0. The molecule has 14 heavy (non-hydrogen) atoms. The highest BCUT2D eigenvalue weighted by Crippen LogP contribution is 2.33. The Labute approximate surface area is 103 Å². The number of aryl methyl sites for hydroxylation is 2. The van der Waals surface area contributed by atoms with Crippen LogP contribution in [0.5, 0.6) is 0 Å². The molecule has 0 saturated carbocycles. The second kappa shape index (κ2) is 4.40. The van der Waals surface area contributed by atoms with Gasteiger partial charge in [0, 0.05) is 0 Å². The zero-order valence-electron chi connectivity index (χ0n) is 8.79. The molecule has 0 fully saturated rings. The van der Waals surface area contributed by atoms with Gasteiger partial charge in [-0.25, -0.2) is 11.5 Å². The maximum absolute atomic E-state index is 2.27. The van der Waals surface area contributed by atoms with Crippen LogP contribution in [0.15, 0.2) is 0 Å². The molecule has 0 N–H and O–H groups in total. The van der Waals surface area contributed by atoms with Crippen LogP contribution < -0.4 is 10.9 Å². The molecule has 1 aliphatic heterocycles. The summed E-state index contributed by atoms with van der Waals surface area (Å²) in [4.78, 5) is 3.06. The summed E-state index contributed by atoms with van der Waals surface area (Å²) >= 11 is 8.03. The standard InChI is InChI=1S/C8H12B2S4/c1-5-7-8(6(2)13-5)10(12-4)14-9(7)11-3/h1-4H3. The normalized spacial score (nSPS) is 15.1. The van der Waals surface area contributed by atoms with Gasteiger partial charge in [0.15, 0.2) is 0 Å². The molecule has 0 aromatic carbocycles. The summed E-state index contributed by atoms with van der Waals surface area (Å²) in [6, 6.07) is 0. The first kappa shape index (κ1) is 11.4. The fourth-order valence-electron chi connectivity index (χ4n) is 1.90. The number of hydrogen-bond acceptors (Lipinski definition) is 4. The van der Waals surface area contributed by atoms with Crippen LogP contribution in [0.4, 0.5) is 0 Å². The lowest BCUT2D eigenvalue weighted by atomic mass is 9.79. The molecule has 6 heteroatoms. The Morgan fingerprint density at radius 2 is 1.36 bits per heavy atom. The molecule has 0 radical (unpaired) electrons. The predicted octanol–water partition coefficient (Wildman–Crippen LogP) is 2.23. The lowest BCUT2D eigenvalue weighted by Crippen LogP contribution is -2.33. The molecule has 1 aliphatic rings. The average Bonchev–Trinajstić information content (AvgIpc) is 2.67. The van der Waals surface area contributed by atoms with Crippen LogP contribution in [0.25, 0.3) is 0 Å². The van der Waals surface area contributed by atoms with Gasteiger partial charge in [-0.3, -0.25) is 0 Å². The molecule has 1 aromatic heterocycles. The van der Waals surface area contributed by atoms with E-state index >= 15 is 0 Å².